The zero-order valence-corrected chi connectivity index (χ0v) is 14.7. The van der Waals surface area contributed by atoms with Crippen molar-refractivity contribution < 1.29 is 50.1 Å². The van der Waals surface area contributed by atoms with Crippen LogP contribution in [-0.4, -0.2) is 50.5 Å². The molecular weight excluding hydrogens is 468 g/mol. The van der Waals surface area contributed by atoms with Crippen LogP contribution in [0.5, 0.6) is 0 Å². The minimum absolute atomic E-state index is 0.0220. The number of carbonyl (C=O) groups is 1. The van der Waals surface area contributed by atoms with E-state index in [4.69, 9.17) is 0 Å². The summed E-state index contributed by atoms with van der Waals surface area (Å²) in [5.74, 6) is -17.1. The molecule has 4 nitrogen and oxygen atoms in total. The highest BCUT2D eigenvalue weighted by Gasteiger charge is 2.83. The molecular formula is C12H14F7IO4. The van der Waals surface area contributed by atoms with Crippen molar-refractivity contribution in [3.8, 4) is 0 Å². The van der Waals surface area contributed by atoms with Gasteiger partial charge in [-0.1, -0.05) is 29.5 Å². The second-order valence-electron chi connectivity index (χ2n) is 5.54. The maximum absolute atomic E-state index is 14.1. The Morgan fingerprint density at radius 3 is 2.12 bits per heavy atom. The molecule has 0 radical (unpaired) electrons. The van der Waals surface area contributed by atoms with E-state index < -0.39 is 45.4 Å². The van der Waals surface area contributed by atoms with Crippen LogP contribution in [0.3, 0.4) is 0 Å². The summed E-state index contributed by atoms with van der Waals surface area (Å²) in [7, 11) is 0. The molecule has 0 amide bonds. The molecule has 4 unspecified atom stereocenters. The Labute approximate surface area is 145 Å². The highest BCUT2D eigenvalue weighted by molar-refractivity contribution is 14.1. The highest BCUT2D eigenvalue weighted by Crippen LogP contribution is 2.54. The van der Waals surface area contributed by atoms with Gasteiger partial charge in [-0.25, -0.2) is 0 Å². The lowest BCUT2D eigenvalue weighted by Gasteiger charge is -2.49. The molecule has 0 saturated carbocycles. The van der Waals surface area contributed by atoms with E-state index in [2.05, 4.69) is 9.47 Å². The standard InChI is InChI=1S/C12H14F7IO4/c1-4-8(3,20)7(21)23-6-9(13,14)5(2)24-11(22,10(6,15)16)12(17,18)19/h5-6,22H,4H2,1-3H3. The van der Waals surface area contributed by atoms with Crippen LogP contribution in [0.2, 0.25) is 0 Å². The Bertz CT molecular complexity index is 508. The first-order chi connectivity index (χ1) is 10.4. The summed E-state index contributed by atoms with van der Waals surface area (Å²) in [6, 6.07) is 0. The first-order valence-corrected chi connectivity index (χ1v) is 7.65. The van der Waals surface area contributed by atoms with Gasteiger partial charge in [0.2, 0.25) is 6.10 Å². The van der Waals surface area contributed by atoms with E-state index in [0.717, 1.165) is 0 Å². The van der Waals surface area contributed by atoms with E-state index in [1.54, 1.807) is 0 Å². The number of carbonyl (C=O) groups excluding carboxylic acids is 1. The van der Waals surface area contributed by atoms with E-state index in [1.165, 1.54) is 36.4 Å². The SMILES string of the molecule is CCC(C)(I)C(=O)OC1C(F)(F)C(C)OC(O)(C(F)(F)F)C1(F)F. The van der Waals surface area contributed by atoms with Crippen LogP contribution >= 0.6 is 22.6 Å². The third kappa shape index (κ3) is 3.20. The van der Waals surface area contributed by atoms with Gasteiger partial charge in [-0.05, 0) is 20.3 Å². The average molecular weight is 482 g/mol. The zero-order chi connectivity index (χ0) is 19.4. The monoisotopic (exact) mass is 482 g/mol. The largest absolute Gasteiger partial charge is 0.449 e. The van der Waals surface area contributed by atoms with Gasteiger partial charge in [0.15, 0.2) is 0 Å². The van der Waals surface area contributed by atoms with E-state index >= 15 is 0 Å². The molecule has 0 aromatic rings. The molecule has 1 N–H and O–H groups in total. The van der Waals surface area contributed by atoms with E-state index in [0.29, 0.717) is 6.92 Å². The van der Waals surface area contributed by atoms with Crippen LogP contribution in [0.4, 0.5) is 30.7 Å². The van der Waals surface area contributed by atoms with Gasteiger partial charge in [-0.2, -0.15) is 30.7 Å². The van der Waals surface area contributed by atoms with Crippen molar-refractivity contribution in [2.24, 2.45) is 0 Å². The zero-order valence-electron chi connectivity index (χ0n) is 12.6. The average Bonchev–Trinajstić information content (AvgIpc) is 2.40. The number of rotatable bonds is 3. The molecule has 1 fully saturated rings. The molecule has 0 aliphatic carbocycles. The van der Waals surface area contributed by atoms with Gasteiger partial charge in [-0.3, -0.25) is 4.79 Å². The summed E-state index contributed by atoms with van der Waals surface area (Å²) < 4.78 is 101. The van der Waals surface area contributed by atoms with Crippen LogP contribution in [0.15, 0.2) is 0 Å². The van der Waals surface area contributed by atoms with Gasteiger partial charge >= 0.3 is 29.8 Å². The normalized spacial score (nSPS) is 35.2. The molecule has 1 aliphatic heterocycles. The molecule has 1 saturated heterocycles. The smallest absolute Gasteiger partial charge is 0.448 e. The fourth-order valence-corrected chi connectivity index (χ4v) is 1.96. The van der Waals surface area contributed by atoms with Crippen LogP contribution in [0.1, 0.15) is 27.2 Å². The Morgan fingerprint density at radius 1 is 1.29 bits per heavy atom. The van der Waals surface area contributed by atoms with E-state index in [1.807, 2.05) is 0 Å². The lowest BCUT2D eigenvalue weighted by Crippen LogP contribution is -2.76. The number of hydrogen-bond donors (Lipinski definition) is 1. The molecule has 1 rings (SSSR count). The van der Waals surface area contributed by atoms with Crippen molar-refractivity contribution in [2.75, 3.05) is 0 Å². The molecule has 0 aromatic carbocycles. The molecule has 0 spiro atoms. The van der Waals surface area contributed by atoms with Crippen molar-refractivity contribution >= 4 is 28.6 Å². The second-order valence-corrected chi connectivity index (χ2v) is 7.92. The van der Waals surface area contributed by atoms with Crippen molar-refractivity contribution in [1.29, 1.82) is 0 Å². The molecule has 24 heavy (non-hydrogen) atoms. The predicted molar refractivity (Wildman–Crippen MR) is 74.0 cm³/mol. The van der Waals surface area contributed by atoms with Gasteiger partial charge in [0.05, 0.1) is 0 Å². The van der Waals surface area contributed by atoms with Gasteiger partial charge in [-0.15, -0.1) is 0 Å². The second kappa shape index (κ2) is 6.11. The summed E-state index contributed by atoms with van der Waals surface area (Å²) in [5, 5.41) is 9.26. The molecule has 142 valence electrons. The summed E-state index contributed by atoms with van der Waals surface area (Å²) in [6.45, 7) is 2.95. The summed E-state index contributed by atoms with van der Waals surface area (Å²) in [6.07, 6.45) is -12.8. The molecule has 0 bridgehead atoms. The first-order valence-electron chi connectivity index (χ1n) is 6.57. The predicted octanol–water partition coefficient (Wildman–Crippen LogP) is 3.44. The fourth-order valence-electron chi connectivity index (χ4n) is 1.83. The molecule has 4 atom stereocenters. The van der Waals surface area contributed by atoms with Gasteiger partial charge in [0.1, 0.15) is 9.53 Å². The number of esters is 1. The van der Waals surface area contributed by atoms with Gasteiger partial charge in [0.25, 0.3) is 0 Å². The minimum atomic E-state index is -6.11. The number of aliphatic hydroxyl groups is 1. The Balaban J connectivity index is 3.39. The van der Waals surface area contributed by atoms with Crippen LogP contribution in [-0.2, 0) is 14.3 Å². The number of hydrogen-bond acceptors (Lipinski definition) is 4. The Morgan fingerprint density at radius 2 is 1.75 bits per heavy atom. The third-order valence-corrected chi connectivity index (χ3v) is 4.92. The van der Waals surface area contributed by atoms with Crippen molar-refractivity contribution in [3.63, 3.8) is 0 Å². The lowest BCUT2D eigenvalue weighted by atomic mass is 9.90. The number of halogens is 8. The van der Waals surface area contributed by atoms with E-state index in [9.17, 15) is 40.6 Å². The highest BCUT2D eigenvalue weighted by atomic mass is 127. The lowest BCUT2D eigenvalue weighted by molar-refractivity contribution is -0.493. The molecule has 0 aromatic heterocycles. The van der Waals surface area contributed by atoms with Crippen LogP contribution in [0.25, 0.3) is 0 Å². The summed E-state index contributed by atoms with van der Waals surface area (Å²) in [5.41, 5.74) is 0. The molecule has 12 heteroatoms. The first kappa shape index (κ1) is 21.7. The molecule has 1 aliphatic rings. The van der Waals surface area contributed by atoms with Crippen LogP contribution < -0.4 is 0 Å². The Hall–Kier alpha value is -0.370. The van der Waals surface area contributed by atoms with Crippen molar-refractivity contribution in [3.05, 3.63) is 0 Å². The van der Waals surface area contributed by atoms with Gasteiger partial charge < -0.3 is 14.6 Å². The molecule has 1 heterocycles. The summed E-state index contributed by atoms with van der Waals surface area (Å²) >= 11 is 1.44. The third-order valence-electron chi connectivity index (χ3n) is 3.72. The van der Waals surface area contributed by atoms with Crippen molar-refractivity contribution in [1.82, 2.24) is 0 Å². The van der Waals surface area contributed by atoms with Crippen molar-refractivity contribution in [2.45, 2.75) is 66.6 Å². The minimum Gasteiger partial charge on any atom is -0.448 e. The van der Waals surface area contributed by atoms with Gasteiger partial charge in [0, 0.05) is 0 Å². The Kier molecular flexibility index (Phi) is 5.52. The number of alkyl halides is 8. The topological polar surface area (TPSA) is 55.8 Å². The van der Waals surface area contributed by atoms with Crippen LogP contribution in [0, 0.1) is 0 Å². The summed E-state index contributed by atoms with van der Waals surface area (Å²) in [4.78, 5) is 11.8. The maximum atomic E-state index is 14.1. The quantitative estimate of drug-likeness (QED) is 0.290. The maximum Gasteiger partial charge on any atom is 0.449 e. The van der Waals surface area contributed by atoms with E-state index in [-0.39, 0.29) is 6.42 Å². The fraction of sp³-hybridized carbons (Fsp3) is 0.917. The number of ether oxygens (including phenoxy) is 2.